The fraction of sp³-hybridized carbons (Fsp3) is 0.235. The lowest BCUT2D eigenvalue weighted by Gasteiger charge is -2.13. The van der Waals surface area contributed by atoms with Gasteiger partial charge in [0.05, 0.1) is 19.1 Å². The second-order valence-corrected chi connectivity index (χ2v) is 4.85. The van der Waals surface area contributed by atoms with Gasteiger partial charge in [0.2, 0.25) is 5.91 Å². The topological polar surface area (TPSA) is 64.3 Å². The third-order valence-corrected chi connectivity index (χ3v) is 3.14. The van der Waals surface area contributed by atoms with Crippen LogP contribution < -0.4 is 11.1 Å². The van der Waals surface area contributed by atoms with Crippen molar-refractivity contribution in [2.24, 2.45) is 0 Å². The number of hydrogen-bond acceptors (Lipinski definition) is 3. The standard InChI is InChI=1S/C17H20N2O2/c1-13(14-6-3-2-4-7-14)21-11-10-17(20)19-16-9-5-8-15(18)12-16/h2-9,12-13H,10-11,18H2,1H3,(H,19,20). The van der Waals surface area contributed by atoms with Crippen molar-refractivity contribution in [1.82, 2.24) is 0 Å². The van der Waals surface area contributed by atoms with E-state index in [0.29, 0.717) is 24.4 Å². The highest BCUT2D eigenvalue weighted by Gasteiger charge is 2.07. The van der Waals surface area contributed by atoms with Gasteiger partial charge in [-0.05, 0) is 30.7 Å². The summed E-state index contributed by atoms with van der Waals surface area (Å²) in [4.78, 5) is 11.8. The number of amides is 1. The van der Waals surface area contributed by atoms with Crippen LogP contribution in [0.5, 0.6) is 0 Å². The molecule has 21 heavy (non-hydrogen) atoms. The van der Waals surface area contributed by atoms with E-state index >= 15 is 0 Å². The molecule has 2 aromatic carbocycles. The van der Waals surface area contributed by atoms with Crippen molar-refractivity contribution in [2.45, 2.75) is 19.4 Å². The zero-order chi connectivity index (χ0) is 15.1. The predicted octanol–water partition coefficient (Wildman–Crippen LogP) is 3.38. The maximum absolute atomic E-state index is 11.8. The molecule has 0 fully saturated rings. The first-order chi connectivity index (χ1) is 10.1. The van der Waals surface area contributed by atoms with E-state index in [1.807, 2.05) is 43.3 Å². The number of ether oxygens (including phenoxy) is 1. The number of rotatable bonds is 6. The van der Waals surface area contributed by atoms with Crippen LogP contribution in [-0.4, -0.2) is 12.5 Å². The molecule has 0 aliphatic carbocycles. The minimum Gasteiger partial charge on any atom is -0.399 e. The van der Waals surface area contributed by atoms with Crippen molar-refractivity contribution in [3.05, 3.63) is 60.2 Å². The van der Waals surface area contributed by atoms with Crippen molar-refractivity contribution in [3.8, 4) is 0 Å². The number of nitrogen functional groups attached to an aromatic ring is 1. The van der Waals surface area contributed by atoms with E-state index in [9.17, 15) is 4.79 Å². The molecule has 0 heterocycles. The first kappa shape index (κ1) is 15.1. The molecule has 1 unspecified atom stereocenters. The van der Waals surface area contributed by atoms with Crippen LogP contribution >= 0.6 is 0 Å². The number of carbonyl (C=O) groups is 1. The SMILES string of the molecule is CC(OCCC(=O)Nc1cccc(N)c1)c1ccccc1. The second-order valence-electron chi connectivity index (χ2n) is 4.85. The summed E-state index contributed by atoms with van der Waals surface area (Å²) in [5.74, 6) is -0.0825. The first-order valence-corrected chi connectivity index (χ1v) is 6.97. The molecule has 0 saturated carbocycles. The monoisotopic (exact) mass is 284 g/mol. The molecule has 1 amide bonds. The van der Waals surface area contributed by atoms with Gasteiger partial charge in [-0.3, -0.25) is 4.79 Å². The van der Waals surface area contributed by atoms with Gasteiger partial charge in [0.15, 0.2) is 0 Å². The summed E-state index contributed by atoms with van der Waals surface area (Å²) >= 11 is 0. The Morgan fingerprint density at radius 1 is 1.19 bits per heavy atom. The van der Waals surface area contributed by atoms with Crippen LogP contribution in [0.3, 0.4) is 0 Å². The highest BCUT2D eigenvalue weighted by Crippen LogP contribution is 2.16. The highest BCUT2D eigenvalue weighted by atomic mass is 16.5. The molecule has 0 radical (unpaired) electrons. The Morgan fingerprint density at radius 2 is 1.95 bits per heavy atom. The average molecular weight is 284 g/mol. The van der Waals surface area contributed by atoms with Gasteiger partial charge in [-0.25, -0.2) is 0 Å². The van der Waals surface area contributed by atoms with E-state index in [2.05, 4.69) is 5.32 Å². The maximum Gasteiger partial charge on any atom is 0.226 e. The minimum absolute atomic E-state index is 0.0219. The molecule has 2 aromatic rings. The number of hydrogen-bond donors (Lipinski definition) is 2. The van der Waals surface area contributed by atoms with Crippen LogP contribution in [0.4, 0.5) is 11.4 Å². The Kier molecular flexibility index (Phi) is 5.35. The lowest BCUT2D eigenvalue weighted by atomic mass is 10.1. The number of nitrogens with two attached hydrogens (primary N) is 1. The van der Waals surface area contributed by atoms with Crippen molar-refractivity contribution in [3.63, 3.8) is 0 Å². The smallest absolute Gasteiger partial charge is 0.226 e. The van der Waals surface area contributed by atoms with E-state index < -0.39 is 0 Å². The first-order valence-electron chi connectivity index (χ1n) is 6.97. The van der Waals surface area contributed by atoms with Gasteiger partial charge >= 0.3 is 0 Å². The molecule has 0 aliphatic rings. The van der Waals surface area contributed by atoms with E-state index in [4.69, 9.17) is 10.5 Å². The van der Waals surface area contributed by atoms with Crippen LogP contribution in [0.25, 0.3) is 0 Å². The van der Waals surface area contributed by atoms with E-state index in [1.165, 1.54) is 0 Å². The number of benzene rings is 2. The van der Waals surface area contributed by atoms with Crippen molar-refractivity contribution in [2.75, 3.05) is 17.7 Å². The van der Waals surface area contributed by atoms with Crippen LogP contribution in [0.2, 0.25) is 0 Å². The Morgan fingerprint density at radius 3 is 2.67 bits per heavy atom. The second kappa shape index (κ2) is 7.45. The molecule has 1 atom stereocenters. The lowest BCUT2D eigenvalue weighted by molar-refractivity contribution is -0.117. The molecule has 0 aliphatic heterocycles. The summed E-state index contributed by atoms with van der Waals surface area (Å²) in [5.41, 5.74) is 8.10. The van der Waals surface area contributed by atoms with E-state index in [1.54, 1.807) is 18.2 Å². The lowest BCUT2D eigenvalue weighted by Crippen LogP contribution is -2.15. The third-order valence-electron chi connectivity index (χ3n) is 3.14. The molecule has 4 nitrogen and oxygen atoms in total. The molecular formula is C17H20N2O2. The van der Waals surface area contributed by atoms with Gasteiger partial charge in [0.25, 0.3) is 0 Å². The third kappa shape index (κ3) is 4.93. The van der Waals surface area contributed by atoms with Gasteiger partial charge < -0.3 is 15.8 Å². The fourth-order valence-electron chi connectivity index (χ4n) is 1.99. The molecule has 0 spiro atoms. The van der Waals surface area contributed by atoms with Gasteiger partial charge in [0.1, 0.15) is 0 Å². The summed E-state index contributed by atoms with van der Waals surface area (Å²) in [5, 5.41) is 2.80. The Bertz CT molecular complexity index is 584. The number of carbonyl (C=O) groups excluding carboxylic acids is 1. The molecule has 0 aromatic heterocycles. The molecule has 3 N–H and O–H groups in total. The van der Waals surface area contributed by atoms with Gasteiger partial charge in [-0.1, -0.05) is 36.4 Å². The quantitative estimate of drug-likeness (QED) is 0.799. The zero-order valence-corrected chi connectivity index (χ0v) is 12.1. The summed E-state index contributed by atoms with van der Waals surface area (Å²) in [6.07, 6.45) is 0.290. The largest absolute Gasteiger partial charge is 0.399 e. The molecule has 110 valence electrons. The van der Waals surface area contributed by atoms with Crippen molar-refractivity contribution >= 4 is 17.3 Å². The Balaban J connectivity index is 1.74. The molecular weight excluding hydrogens is 264 g/mol. The summed E-state index contributed by atoms with van der Waals surface area (Å²) in [7, 11) is 0. The molecule has 0 bridgehead atoms. The predicted molar refractivity (Wildman–Crippen MR) is 84.9 cm³/mol. The number of anilines is 2. The normalized spacial score (nSPS) is 11.9. The van der Waals surface area contributed by atoms with Gasteiger partial charge in [0, 0.05) is 11.4 Å². The molecule has 0 saturated heterocycles. The number of nitrogens with one attached hydrogen (secondary N) is 1. The zero-order valence-electron chi connectivity index (χ0n) is 12.1. The van der Waals surface area contributed by atoms with Gasteiger partial charge in [-0.15, -0.1) is 0 Å². The van der Waals surface area contributed by atoms with Crippen LogP contribution in [0.1, 0.15) is 25.0 Å². The minimum atomic E-state index is -0.0825. The van der Waals surface area contributed by atoms with Gasteiger partial charge in [-0.2, -0.15) is 0 Å². The summed E-state index contributed by atoms with van der Waals surface area (Å²) < 4.78 is 5.67. The molecule has 4 heteroatoms. The molecule has 2 rings (SSSR count). The van der Waals surface area contributed by atoms with E-state index in [-0.39, 0.29) is 12.0 Å². The maximum atomic E-state index is 11.8. The average Bonchev–Trinajstić information content (AvgIpc) is 2.48. The Labute approximate surface area is 124 Å². The summed E-state index contributed by atoms with van der Waals surface area (Å²) in [6, 6.07) is 17.1. The summed E-state index contributed by atoms with van der Waals surface area (Å²) in [6.45, 7) is 2.36. The van der Waals surface area contributed by atoms with Crippen molar-refractivity contribution in [1.29, 1.82) is 0 Å². The van der Waals surface area contributed by atoms with Crippen LogP contribution in [0, 0.1) is 0 Å². The van der Waals surface area contributed by atoms with Crippen molar-refractivity contribution < 1.29 is 9.53 Å². The Hall–Kier alpha value is -2.33. The highest BCUT2D eigenvalue weighted by molar-refractivity contribution is 5.91. The fourth-order valence-corrected chi connectivity index (χ4v) is 1.99. The van der Waals surface area contributed by atoms with E-state index in [0.717, 1.165) is 5.56 Å². The van der Waals surface area contributed by atoms with Crippen LogP contribution in [0.15, 0.2) is 54.6 Å². The van der Waals surface area contributed by atoms with Crippen LogP contribution in [-0.2, 0) is 9.53 Å².